The molecule has 0 unspecified atom stereocenters. The Morgan fingerprint density at radius 3 is 2.64 bits per heavy atom. The number of nitrogens with zero attached hydrogens (tertiary/aromatic N) is 3. The van der Waals surface area contributed by atoms with Crippen LogP contribution in [0.3, 0.4) is 0 Å². The van der Waals surface area contributed by atoms with Crippen molar-refractivity contribution >= 4 is 23.5 Å². The SMILES string of the molecule is CC(=O)[C@H](Cc1ccccc1)NC(=O)CSc1nnc(C)n1C1CC1. The lowest BCUT2D eigenvalue weighted by molar-refractivity contribution is -0.125. The van der Waals surface area contributed by atoms with Crippen LogP contribution in [0.5, 0.6) is 0 Å². The van der Waals surface area contributed by atoms with E-state index in [4.69, 9.17) is 0 Å². The smallest absolute Gasteiger partial charge is 0.231 e. The number of rotatable bonds is 8. The molecule has 1 aromatic carbocycles. The molecule has 0 spiro atoms. The minimum Gasteiger partial charge on any atom is -0.345 e. The van der Waals surface area contributed by atoms with Crippen LogP contribution in [0.2, 0.25) is 0 Å². The lowest BCUT2D eigenvalue weighted by Crippen LogP contribution is -2.42. The lowest BCUT2D eigenvalue weighted by atomic mass is 10.0. The van der Waals surface area contributed by atoms with Crippen molar-refractivity contribution in [2.75, 3.05) is 5.75 Å². The Morgan fingerprint density at radius 1 is 1.28 bits per heavy atom. The largest absolute Gasteiger partial charge is 0.345 e. The van der Waals surface area contributed by atoms with E-state index in [1.807, 2.05) is 37.3 Å². The van der Waals surface area contributed by atoms with E-state index >= 15 is 0 Å². The molecule has 1 amide bonds. The first-order valence-electron chi connectivity index (χ1n) is 8.42. The van der Waals surface area contributed by atoms with E-state index in [-0.39, 0.29) is 17.4 Å². The van der Waals surface area contributed by atoms with Crippen molar-refractivity contribution in [1.29, 1.82) is 0 Å². The third kappa shape index (κ3) is 4.69. The molecule has 1 heterocycles. The van der Waals surface area contributed by atoms with Crippen molar-refractivity contribution in [1.82, 2.24) is 20.1 Å². The fourth-order valence-electron chi connectivity index (χ4n) is 2.71. The number of hydrogen-bond donors (Lipinski definition) is 1. The zero-order valence-electron chi connectivity index (χ0n) is 14.4. The van der Waals surface area contributed by atoms with E-state index in [0.717, 1.165) is 29.4 Å². The lowest BCUT2D eigenvalue weighted by Gasteiger charge is -2.16. The maximum Gasteiger partial charge on any atom is 0.231 e. The Labute approximate surface area is 151 Å². The number of carbonyl (C=O) groups is 2. The maximum absolute atomic E-state index is 12.3. The first kappa shape index (κ1) is 17.7. The molecule has 0 aliphatic heterocycles. The second-order valence-electron chi connectivity index (χ2n) is 6.34. The summed E-state index contributed by atoms with van der Waals surface area (Å²) in [5.74, 6) is 0.906. The number of thioether (sulfide) groups is 1. The number of carbonyl (C=O) groups excluding carboxylic acids is 2. The maximum atomic E-state index is 12.3. The molecule has 1 fully saturated rings. The molecular formula is C18H22N4O2S. The summed E-state index contributed by atoms with van der Waals surface area (Å²) < 4.78 is 2.10. The molecule has 1 saturated carbocycles. The molecular weight excluding hydrogens is 336 g/mol. The molecule has 7 heteroatoms. The summed E-state index contributed by atoms with van der Waals surface area (Å²) in [5.41, 5.74) is 1.03. The standard InChI is InChI=1S/C18H22N4O2S/c1-12(23)16(10-14-6-4-3-5-7-14)19-17(24)11-25-18-21-20-13(2)22(18)15-8-9-15/h3-7,15-16H,8-11H2,1-2H3,(H,19,24)/t16-/m0/s1. The van der Waals surface area contributed by atoms with Crippen LogP contribution in [0, 0.1) is 6.92 Å². The fourth-order valence-corrected chi connectivity index (χ4v) is 3.58. The summed E-state index contributed by atoms with van der Waals surface area (Å²) in [7, 11) is 0. The highest BCUT2D eigenvalue weighted by Crippen LogP contribution is 2.38. The van der Waals surface area contributed by atoms with Crippen LogP contribution in [0.4, 0.5) is 0 Å². The van der Waals surface area contributed by atoms with Gasteiger partial charge in [0.25, 0.3) is 0 Å². The zero-order chi connectivity index (χ0) is 17.8. The minimum atomic E-state index is -0.501. The Morgan fingerprint density at radius 2 is 2.00 bits per heavy atom. The van der Waals surface area contributed by atoms with E-state index in [2.05, 4.69) is 20.1 Å². The molecule has 132 valence electrons. The highest BCUT2D eigenvalue weighted by Gasteiger charge is 2.28. The van der Waals surface area contributed by atoms with Gasteiger partial charge in [-0.1, -0.05) is 42.1 Å². The van der Waals surface area contributed by atoms with E-state index in [1.54, 1.807) is 0 Å². The second-order valence-corrected chi connectivity index (χ2v) is 7.28. The minimum absolute atomic E-state index is 0.0424. The van der Waals surface area contributed by atoms with Crippen molar-refractivity contribution in [3.05, 3.63) is 41.7 Å². The molecule has 1 aliphatic carbocycles. The molecule has 0 radical (unpaired) electrons. The Hall–Kier alpha value is -2.15. The van der Waals surface area contributed by atoms with E-state index < -0.39 is 6.04 Å². The third-order valence-electron chi connectivity index (χ3n) is 4.19. The van der Waals surface area contributed by atoms with Gasteiger partial charge in [0.15, 0.2) is 10.9 Å². The first-order valence-corrected chi connectivity index (χ1v) is 9.41. The number of aromatic nitrogens is 3. The average molecular weight is 358 g/mol. The molecule has 1 aromatic heterocycles. The van der Waals surface area contributed by atoms with Gasteiger partial charge >= 0.3 is 0 Å². The van der Waals surface area contributed by atoms with Gasteiger partial charge in [-0.25, -0.2) is 0 Å². The van der Waals surface area contributed by atoms with Crippen LogP contribution in [0.1, 0.15) is 37.2 Å². The number of ketones is 1. The molecule has 25 heavy (non-hydrogen) atoms. The summed E-state index contributed by atoms with van der Waals surface area (Å²) in [6.45, 7) is 3.44. The molecule has 0 bridgehead atoms. The number of hydrogen-bond acceptors (Lipinski definition) is 5. The number of aryl methyl sites for hydroxylation is 1. The number of nitrogens with one attached hydrogen (secondary N) is 1. The Balaban J connectivity index is 1.56. The zero-order valence-corrected chi connectivity index (χ0v) is 15.3. The van der Waals surface area contributed by atoms with Crippen LogP contribution in [-0.4, -0.2) is 38.2 Å². The summed E-state index contributed by atoms with van der Waals surface area (Å²) in [6.07, 6.45) is 2.79. The monoisotopic (exact) mass is 358 g/mol. The Bertz CT molecular complexity index is 756. The number of amides is 1. The van der Waals surface area contributed by atoms with Gasteiger partial charge < -0.3 is 9.88 Å². The second kappa shape index (κ2) is 7.82. The van der Waals surface area contributed by atoms with Crippen LogP contribution in [-0.2, 0) is 16.0 Å². The molecule has 1 atom stereocenters. The molecule has 1 aliphatic rings. The van der Waals surface area contributed by atoms with Crippen LogP contribution < -0.4 is 5.32 Å². The van der Waals surface area contributed by atoms with Gasteiger partial charge in [-0.2, -0.15) is 0 Å². The molecule has 0 saturated heterocycles. The average Bonchev–Trinajstić information content (AvgIpc) is 3.36. The molecule has 3 rings (SSSR count). The quantitative estimate of drug-likeness (QED) is 0.733. The third-order valence-corrected chi connectivity index (χ3v) is 5.13. The first-order chi connectivity index (χ1) is 12.0. The fraction of sp³-hybridized carbons (Fsp3) is 0.444. The van der Waals surface area contributed by atoms with Gasteiger partial charge in [0.1, 0.15) is 5.82 Å². The summed E-state index contributed by atoms with van der Waals surface area (Å²) in [6, 6.07) is 9.67. The molecule has 2 aromatic rings. The molecule has 6 nitrogen and oxygen atoms in total. The van der Waals surface area contributed by atoms with Crippen LogP contribution in [0.25, 0.3) is 0 Å². The number of benzene rings is 1. The van der Waals surface area contributed by atoms with Crippen LogP contribution >= 0.6 is 11.8 Å². The summed E-state index contributed by atoms with van der Waals surface area (Å²) in [4.78, 5) is 24.1. The van der Waals surface area contributed by atoms with Gasteiger partial charge in [-0.3, -0.25) is 9.59 Å². The Kier molecular flexibility index (Phi) is 5.53. The van der Waals surface area contributed by atoms with Crippen molar-refractivity contribution in [3.8, 4) is 0 Å². The van der Waals surface area contributed by atoms with Crippen LogP contribution in [0.15, 0.2) is 35.5 Å². The number of Topliss-reactive ketones (excluding diaryl/α,β-unsaturated/α-hetero) is 1. The van der Waals surface area contributed by atoms with Gasteiger partial charge in [0.05, 0.1) is 11.8 Å². The van der Waals surface area contributed by atoms with Crippen molar-refractivity contribution in [2.24, 2.45) is 0 Å². The van der Waals surface area contributed by atoms with Gasteiger partial charge in [0, 0.05) is 6.04 Å². The van der Waals surface area contributed by atoms with Gasteiger partial charge in [-0.15, -0.1) is 10.2 Å². The summed E-state index contributed by atoms with van der Waals surface area (Å²) in [5, 5.41) is 11.9. The molecule has 1 N–H and O–H groups in total. The predicted octanol–water partition coefficient (Wildman–Crippen LogP) is 2.33. The van der Waals surface area contributed by atoms with E-state index in [0.29, 0.717) is 12.5 Å². The topological polar surface area (TPSA) is 76.9 Å². The summed E-state index contributed by atoms with van der Waals surface area (Å²) >= 11 is 1.37. The van der Waals surface area contributed by atoms with E-state index in [9.17, 15) is 9.59 Å². The van der Waals surface area contributed by atoms with Crippen molar-refractivity contribution < 1.29 is 9.59 Å². The van der Waals surface area contributed by atoms with Crippen molar-refractivity contribution in [2.45, 2.75) is 50.4 Å². The van der Waals surface area contributed by atoms with E-state index in [1.165, 1.54) is 18.7 Å². The highest BCUT2D eigenvalue weighted by atomic mass is 32.2. The van der Waals surface area contributed by atoms with Gasteiger partial charge in [0.2, 0.25) is 5.91 Å². The normalized spacial score (nSPS) is 15.0. The predicted molar refractivity (Wildman–Crippen MR) is 96.5 cm³/mol. The van der Waals surface area contributed by atoms with Crippen molar-refractivity contribution in [3.63, 3.8) is 0 Å². The highest BCUT2D eigenvalue weighted by molar-refractivity contribution is 7.99. The van der Waals surface area contributed by atoms with Gasteiger partial charge in [-0.05, 0) is 38.7 Å².